The molecule has 0 aliphatic rings. The number of rotatable bonds is 3. The van der Waals surface area contributed by atoms with Crippen molar-refractivity contribution in [1.82, 2.24) is 9.97 Å². The largest absolute Gasteiger partial charge is 0.228 e. The Hall–Kier alpha value is -1.13. The molecule has 1 aromatic carbocycles. The Morgan fingerprint density at radius 2 is 1.67 bits per heavy atom. The normalized spacial score (nSPS) is 10.4. The Morgan fingerprint density at radius 3 is 2.22 bits per heavy atom. The average molecular weight is 321 g/mol. The van der Waals surface area contributed by atoms with E-state index in [1.165, 1.54) is 11.8 Å². The van der Waals surface area contributed by atoms with Crippen molar-refractivity contribution >= 4 is 32.6 Å². The summed E-state index contributed by atoms with van der Waals surface area (Å²) < 4.78 is 1.06. The van der Waals surface area contributed by atoms with Gasteiger partial charge in [-0.25, -0.2) is 9.97 Å². The number of hydrogen-bond donors (Lipinski definition) is 0. The minimum absolute atomic E-state index is 0.750. The van der Waals surface area contributed by atoms with E-state index in [0.29, 0.717) is 0 Å². The van der Waals surface area contributed by atoms with Gasteiger partial charge in [-0.1, -0.05) is 34.6 Å². The summed E-state index contributed by atoms with van der Waals surface area (Å²) in [5, 5.41) is 0.750. The van der Waals surface area contributed by atoms with Crippen molar-refractivity contribution in [2.24, 2.45) is 0 Å². The first-order chi connectivity index (χ1) is 8.54. The lowest BCUT2D eigenvalue weighted by molar-refractivity contribution is 0.905. The molecule has 0 spiro atoms. The predicted octanol–water partition coefficient (Wildman–Crippen LogP) is 4.62. The number of nitrogens with zero attached hydrogens (tertiary/aromatic N) is 2. The van der Waals surface area contributed by atoms with Crippen LogP contribution in [0.1, 0.15) is 17.0 Å². The molecule has 0 amide bonds. The maximum Gasteiger partial charge on any atom is 0.192 e. The van der Waals surface area contributed by atoms with Gasteiger partial charge in [0.2, 0.25) is 0 Å². The maximum absolute atomic E-state index is 4.40. The van der Waals surface area contributed by atoms with E-state index in [9.17, 15) is 0 Å². The van der Waals surface area contributed by atoms with E-state index in [1.807, 2.05) is 44.2 Å². The minimum Gasteiger partial charge on any atom is -0.228 e. The molecule has 0 aliphatic heterocycles. The van der Waals surface area contributed by atoms with Crippen LogP contribution in [0.4, 0.5) is 0 Å². The maximum atomic E-state index is 4.40. The van der Waals surface area contributed by atoms with Gasteiger partial charge in [0.1, 0.15) is 0 Å². The molecule has 0 atom stereocenters. The lowest BCUT2D eigenvalue weighted by atomic mass is 10.2. The van der Waals surface area contributed by atoms with Crippen molar-refractivity contribution in [2.45, 2.75) is 19.0 Å². The van der Waals surface area contributed by atoms with E-state index in [0.717, 1.165) is 31.5 Å². The van der Waals surface area contributed by atoms with Gasteiger partial charge in [0.05, 0.1) is 0 Å². The Morgan fingerprint density at radius 1 is 1.11 bits per heavy atom. The fourth-order valence-electron chi connectivity index (χ4n) is 1.54. The quantitative estimate of drug-likeness (QED) is 0.609. The average Bonchev–Trinajstić information content (AvgIpc) is 2.28. The van der Waals surface area contributed by atoms with Gasteiger partial charge >= 0.3 is 0 Å². The summed E-state index contributed by atoms with van der Waals surface area (Å²) in [5.41, 5.74) is 3.05. The number of halogens is 1. The third kappa shape index (κ3) is 3.43. The van der Waals surface area contributed by atoms with Gasteiger partial charge in [-0.15, -0.1) is 0 Å². The van der Waals surface area contributed by atoms with Crippen LogP contribution in [0.2, 0.25) is 0 Å². The van der Waals surface area contributed by atoms with Crippen molar-refractivity contribution in [3.05, 3.63) is 58.3 Å². The molecule has 0 N–H and O–H groups in total. The van der Waals surface area contributed by atoms with Crippen LogP contribution in [-0.2, 0) is 0 Å². The van der Waals surface area contributed by atoms with Gasteiger partial charge in [0.25, 0.3) is 0 Å². The monoisotopic (exact) mass is 320 g/mol. The molecular weight excluding hydrogens is 308 g/mol. The van der Waals surface area contributed by atoms with Crippen molar-refractivity contribution in [3.8, 4) is 0 Å². The first-order valence-corrected chi connectivity index (χ1v) is 7.10. The molecule has 0 saturated heterocycles. The molecule has 0 saturated carbocycles. The van der Waals surface area contributed by atoms with Crippen LogP contribution in [0.5, 0.6) is 0 Å². The predicted molar refractivity (Wildman–Crippen MR) is 80.5 cm³/mol. The Kier molecular flexibility index (Phi) is 4.19. The second-order valence-corrected chi connectivity index (χ2v) is 5.94. The molecule has 1 heterocycles. The summed E-state index contributed by atoms with van der Waals surface area (Å²) in [4.78, 5) is 9.75. The van der Waals surface area contributed by atoms with Crippen LogP contribution in [0.25, 0.3) is 4.91 Å². The molecule has 18 heavy (non-hydrogen) atoms. The van der Waals surface area contributed by atoms with Crippen molar-refractivity contribution in [1.29, 1.82) is 0 Å². The molecule has 0 fully saturated rings. The van der Waals surface area contributed by atoms with E-state index < -0.39 is 0 Å². The molecular formula is C14H13BrN2S. The smallest absolute Gasteiger partial charge is 0.192 e. The zero-order valence-electron chi connectivity index (χ0n) is 10.3. The standard InChI is InChI=1S/C14H13BrN2S/c1-9-8-10(2)17-14(16-9)18-11(3)12-4-6-13(15)7-5-12/h4-8H,3H2,1-2H3. The van der Waals surface area contributed by atoms with E-state index >= 15 is 0 Å². The molecule has 92 valence electrons. The van der Waals surface area contributed by atoms with E-state index in [-0.39, 0.29) is 0 Å². The fraction of sp³-hybridized carbons (Fsp3) is 0.143. The van der Waals surface area contributed by atoms with Gasteiger partial charge in [-0.3, -0.25) is 0 Å². The number of benzene rings is 1. The SMILES string of the molecule is C=C(Sc1nc(C)cc(C)n1)c1ccc(Br)cc1. The van der Waals surface area contributed by atoms with Crippen LogP contribution in [0.15, 0.2) is 46.5 Å². The topological polar surface area (TPSA) is 25.8 Å². The van der Waals surface area contributed by atoms with E-state index in [2.05, 4.69) is 32.5 Å². The van der Waals surface area contributed by atoms with Crippen LogP contribution in [-0.4, -0.2) is 9.97 Å². The third-order valence-electron chi connectivity index (χ3n) is 2.34. The summed E-state index contributed by atoms with van der Waals surface area (Å²) in [6, 6.07) is 10.0. The minimum atomic E-state index is 0.750. The van der Waals surface area contributed by atoms with Gasteiger partial charge < -0.3 is 0 Å². The zero-order chi connectivity index (χ0) is 13.1. The molecule has 0 radical (unpaired) electrons. The molecule has 4 heteroatoms. The third-order valence-corrected chi connectivity index (χ3v) is 3.72. The van der Waals surface area contributed by atoms with Crippen molar-refractivity contribution < 1.29 is 0 Å². The van der Waals surface area contributed by atoms with Crippen molar-refractivity contribution in [3.63, 3.8) is 0 Å². The van der Waals surface area contributed by atoms with Crippen LogP contribution in [0.3, 0.4) is 0 Å². The highest BCUT2D eigenvalue weighted by molar-refractivity contribution is 9.10. The van der Waals surface area contributed by atoms with Gasteiger partial charge in [0.15, 0.2) is 5.16 Å². The summed E-state index contributed by atoms with van der Waals surface area (Å²) >= 11 is 4.92. The van der Waals surface area contributed by atoms with E-state index in [4.69, 9.17) is 0 Å². The highest BCUT2D eigenvalue weighted by Crippen LogP contribution is 2.31. The zero-order valence-corrected chi connectivity index (χ0v) is 12.7. The molecule has 2 rings (SSSR count). The molecule has 0 bridgehead atoms. The first kappa shape index (κ1) is 13.3. The highest BCUT2D eigenvalue weighted by atomic mass is 79.9. The first-order valence-electron chi connectivity index (χ1n) is 5.49. The lowest BCUT2D eigenvalue weighted by Gasteiger charge is -2.06. The number of aromatic nitrogens is 2. The Labute approximate surface area is 120 Å². The molecule has 2 nitrogen and oxygen atoms in total. The van der Waals surface area contributed by atoms with Gasteiger partial charge in [0, 0.05) is 20.8 Å². The second kappa shape index (κ2) is 5.67. The van der Waals surface area contributed by atoms with E-state index in [1.54, 1.807) is 0 Å². The van der Waals surface area contributed by atoms with Crippen molar-refractivity contribution in [2.75, 3.05) is 0 Å². The second-order valence-electron chi connectivity index (χ2n) is 3.97. The number of thioether (sulfide) groups is 1. The summed E-state index contributed by atoms with van der Waals surface area (Å²) in [7, 11) is 0. The summed E-state index contributed by atoms with van der Waals surface area (Å²) in [6.45, 7) is 8.02. The Bertz CT molecular complexity index is 559. The number of aryl methyl sites for hydroxylation is 2. The lowest BCUT2D eigenvalue weighted by Crippen LogP contribution is -1.92. The molecule has 0 aliphatic carbocycles. The van der Waals surface area contributed by atoms with Crippen LogP contribution >= 0.6 is 27.7 Å². The molecule has 2 aromatic rings. The fourth-order valence-corrected chi connectivity index (χ4v) is 2.66. The van der Waals surface area contributed by atoms with Gasteiger partial charge in [-0.05, 0) is 49.4 Å². The van der Waals surface area contributed by atoms with Gasteiger partial charge in [-0.2, -0.15) is 0 Å². The number of hydrogen-bond acceptors (Lipinski definition) is 3. The van der Waals surface area contributed by atoms with Crippen LogP contribution in [0, 0.1) is 13.8 Å². The highest BCUT2D eigenvalue weighted by Gasteiger charge is 2.05. The molecule has 0 unspecified atom stereocenters. The Balaban J connectivity index is 2.18. The summed E-state index contributed by atoms with van der Waals surface area (Å²) in [5.74, 6) is 0. The molecule has 1 aromatic heterocycles. The summed E-state index contributed by atoms with van der Waals surface area (Å²) in [6.07, 6.45) is 0. The van der Waals surface area contributed by atoms with Crippen LogP contribution < -0.4 is 0 Å².